The summed E-state index contributed by atoms with van der Waals surface area (Å²) in [5, 5.41) is 10.7. The van der Waals surface area contributed by atoms with Crippen LogP contribution in [0.2, 0.25) is 0 Å². The molecule has 2 saturated carbocycles. The molecule has 1 heterocycles. The molecule has 5 rings (SSSR count). The number of nitrogens with zero attached hydrogens (tertiary/aromatic N) is 1. The minimum absolute atomic E-state index is 0.0390. The molecule has 0 radical (unpaired) electrons. The number of nitro benzene ring substituents is 1. The van der Waals surface area contributed by atoms with Gasteiger partial charge >= 0.3 is 11.9 Å². The first-order valence-electron chi connectivity index (χ1n) is 10.3. The van der Waals surface area contributed by atoms with Crippen molar-refractivity contribution < 1.29 is 33.5 Å². The molecule has 0 spiro atoms. The smallest absolute Gasteiger partial charge is 0.310 e. The summed E-state index contributed by atoms with van der Waals surface area (Å²) in [4.78, 5) is 47.3. The van der Waals surface area contributed by atoms with Crippen LogP contribution < -0.4 is 4.74 Å². The second-order valence-corrected chi connectivity index (χ2v) is 8.33. The maximum absolute atomic E-state index is 12.6. The van der Waals surface area contributed by atoms with Crippen molar-refractivity contribution in [1.29, 1.82) is 0 Å². The molecular formula is C23H19NO8. The van der Waals surface area contributed by atoms with Gasteiger partial charge in [0.2, 0.25) is 0 Å². The van der Waals surface area contributed by atoms with Crippen LogP contribution in [0.25, 0.3) is 0 Å². The zero-order valence-electron chi connectivity index (χ0n) is 16.8. The lowest BCUT2D eigenvalue weighted by Crippen LogP contribution is -2.34. The Morgan fingerprint density at radius 3 is 2.34 bits per heavy atom. The average Bonchev–Trinajstić information content (AvgIpc) is 3.41. The number of esters is 2. The molecule has 0 aromatic heterocycles. The number of hydrogen-bond donors (Lipinski definition) is 0. The van der Waals surface area contributed by atoms with Gasteiger partial charge in [0.05, 0.1) is 16.8 Å². The van der Waals surface area contributed by atoms with Crippen molar-refractivity contribution >= 4 is 23.4 Å². The first-order valence-corrected chi connectivity index (χ1v) is 10.3. The number of nitro groups is 1. The summed E-state index contributed by atoms with van der Waals surface area (Å²) in [5.74, 6) is -1.10. The second kappa shape index (κ2) is 7.74. The van der Waals surface area contributed by atoms with Crippen LogP contribution >= 0.6 is 0 Å². The van der Waals surface area contributed by atoms with E-state index in [1.54, 1.807) is 24.3 Å². The first kappa shape index (κ1) is 20.2. The van der Waals surface area contributed by atoms with Crippen LogP contribution in [0.3, 0.4) is 0 Å². The topological polar surface area (TPSA) is 122 Å². The fraction of sp³-hybridized carbons (Fsp3) is 0.348. The lowest BCUT2D eigenvalue weighted by Gasteiger charge is -2.22. The van der Waals surface area contributed by atoms with Gasteiger partial charge in [-0.05, 0) is 55.2 Å². The third kappa shape index (κ3) is 3.49. The number of carbonyl (C=O) groups is 3. The minimum atomic E-state index is -0.517. The van der Waals surface area contributed by atoms with Crippen LogP contribution in [-0.2, 0) is 19.1 Å². The van der Waals surface area contributed by atoms with Gasteiger partial charge in [-0.2, -0.15) is 0 Å². The summed E-state index contributed by atoms with van der Waals surface area (Å²) >= 11 is 0. The molecule has 2 aromatic rings. The molecule has 0 N–H and O–H groups in total. The molecule has 3 fully saturated rings. The molecule has 2 aliphatic carbocycles. The van der Waals surface area contributed by atoms with Gasteiger partial charge in [0.1, 0.15) is 17.6 Å². The van der Waals surface area contributed by atoms with Crippen molar-refractivity contribution in [2.24, 2.45) is 23.7 Å². The number of hydrogen-bond acceptors (Lipinski definition) is 8. The van der Waals surface area contributed by atoms with E-state index in [1.165, 1.54) is 24.3 Å². The number of ketones is 1. The Bertz CT molecular complexity index is 1090. The van der Waals surface area contributed by atoms with Gasteiger partial charge in [-0.1, -0.05) is 0 Å². The summed E-state index contributed by atoms with van der Waals surface area (Å²) in [6, 6.07) is 11.9. The van der Waals surface area contributed by atoms with Crippen LogP contribution in [0.5, 0.6) is 11.5 Å². The van der Waals surface area contributed by atoms with E-state index in [2.05, 4.69) is 0 Å². The number of rotatable bonds is 7. The Kier molecular flexibility index (Phi) is 4.88. The Labute approximate surface area is 182 Å². The molecule has 2 aromatic carbocycles. The summed E-state index contributed by atoms with van der Waals surface area (Å²) in [7, 11) is 0. The number of non-ortho nitro benzene ring substituents is 1. The number of Topliss-reactive ketones (excluding diaryl/α,β-unsaturated/α-hetero) is 1. The molecule has 3 aliphatic rings. The molecule has 1 aliphatic heterocycles. The highest BCUT2D eigenvalue weighted by Gasteiger charge is 2.64. The van der Waals surface area contributed by atoms with Gasteiger partial charge in [0.15, 0.2) is 12.4 Å². The molecule has 0 unspecified atom stereocenters. The zero-order valence-corrected chi connectivity index (χ0v) is 16.8. The lowest BCUT2D eigenvalue weighted by atomic mass is 9.80. The Morgan fingerprint density at radius 2 is 1.69 bits per heavy atom. The van der Waals surface area contributed by atoms with Gasteiger partial charge < -0.3 is 14.2 Å². The largest absolute Gasteiger partial charge is 0.462 e. The monoisotopic (exact) mass is 437 g/mol. The standard InChI is InChI=1S/C23H19NO8/c25-18(11-30-22(26)20-13-9-17-19(10-13)32-23(27)21(17)20)12-1-5-15(6-2-12)31-16-7-3-14(4-8-16)24(28)29/h1-8,13,17,19-21H,9-11H2/t13-,17+,19-,20-,21-/m1/s1. The van der Waals surface area contributed by atoms with Gasteiger partial charge in [0.25, 0.3) is 5.69 Å². The fourth-order valence-corrected chi connectivity index (χ4v) is 5.12. The van der Waals surface area contributed by atoms with Crippen LogP contribution in [0, 0.1) is 33.8 Å². The molecule has 5 atom stereocenters. The summed E-state index contributed by atoms with van der Waals surface area (Å²) < 4.78 is 16.2. The van der Waals surface area contributed by atoms with E-state index < -0.39 is 29.3 Å². The molecule has 9 heteroatoms. The Hall–Kier alpha value is -3.75. The van der Waals surface area contributed by atoms with E-state index in [-0.39, 0.29) is 35.4 Å². The molecule has 2 bridgehead atoms. The number of ether oxygens (including phenoxy) is 3. The molecule has 164 valence electrons. The summed E-state index contributed by atoms with van der Waals surface area (Å²) in [5.41, 5.74) is 0.310. The normalized spacial score (nSPS) is 27.1. The highest BCUT2D eigenvalue weighted by molar-refractivity contribution is 5.98. The van der Waals surface area contributed by atoms with E-state index in [9.17, 15) is 24.5 Å². The summed E-state index contributed by atoms with van der Waals surface area (Å²) in [6.07, 6.45) is 1.43. The summed E-state index contributed by atoms with van der Waals surface area (Å²) in [6.45, 7) is -0.402. The predicted molar refractivity (Wildman–Crippen MR) is 108 cm³/mol. The van der Waals surface area contributed by atoms with Crippen molar-refractivity contribution in [1.82, 2.24) is 0 Å². The SMILES string of the molecule is O=C(COC(=O)[C@@H]1[C@@H]2C[C@@H]3[C@H]1C(=O)O[C@@H]3C2)c1ccc(Oc2ccc([N+](=O)[O-])cc2)cc1. The third-order valence-electron chi connectivity index (χ3n) is 6.56. The number of benzene rings is 2. The molecule has 32 heavy (non-hydrogen) atoms. The molecule has 0 amide bonds. The van der Waals surface area contributed by atoms with Crippen molar-refractivity contribution in [3.63, 3.8) is 0 Å². The minimum Gasteiger partial charge on any atom is -0.462 e. The molecule has 9 nitrogen and oxygen atoms in total. The average molecular weight is 437 g/mol. The van der Waals surface area contributed by atoms with Crippen molar-refractivity contribution in [3.05, 3.63) is 64.2 Å². The molecule has 1 saturated heterocycles. The van der Waals surface area contributed by atoms with Gasteiger partial charge in [-0.3, -0.25) is 24.5 Å². The fourth-order valence-electron chi connectivity index (χ4n) is 5.12. The lowest BCUT2D eigenvalue weighted by molar-refractivity contribution is -0.384. The maximum Gasteiger partial charge on any atom is 0.310 e. The quantitative estimate of drug-likeness (QED) is 0.280. The van der Waals surface area contributed by atoms with E-state index in [0.29, 0.717) is 23.5 Å². The van der Waals surface area contributed by atoms with E-state index in [1.807, 2.05) is 0 Å². The van der Waals surface area contributed by atoms with Gasteiger partial charge in [-0.25, -0.2) is 0 Å². The highest BCUT2D eigenvalue weighted by Crippen LogP contribution is 2.57. The first-order chi connectivity index (χ1) is 15.4. The van der Waals surface area contributed by atoms with Crippen LogP contribution in [0.1, 0.15) is 23.2 Å². The Morgan fingerprint density at radius 1 is 1.03 bits per heavy atom. The Balaban J connectivity index is 1.16. The van der Waals surface area contributed by atoms with Gasteiger partial charge in [-0.15, -0.1) is 0 Å². The predicted octanol–water partition coefficient (Wildman–Crippen LogP) is 3.31. The maximum atomic E-state index is 12.6. The highest BCUT2D eigenvalue weighted by atomic mass is 16.6. The third-order valence-corrected chi connectivity index (χ3v) is 6.56. The van der Waals surface area contributed by atoms with Crippen molar-refractivity contribution in [2.75, 3.05) is 6.61 Å². The number of carbonyl (C=O) groups excluding carboxylic acids is 3. The zero-order chi connectivity index (χ0) is 22.4. The van der Waals surface area contributed by atoms with E-state index in [0.717, 1.165) is 6.42 Å². The second-order valence-electron chi connectivity index (χ2n) is 8.33. The molecular weight excluding hydrogens is 418 g/mol. The van der Waals surface area contributed by atoms with E-state index >= 15 is 0 Å². The van der Waals surface area contributed by atoms with Gasteiger partial charge in [0, 0.05) is 23.6 Å². The van der Waals surface area contributed by atoms with Crippen molar-refractivity contribution in [3.8, 4) is 11.5 Å². The van der Waals surface area contributed by atoms with Crippen LogP contribution in [0.15, 0.2) is 48.5 Å². The van der Waals surface area contributed by atoms with Crippen LogP contribution in [-0.4, -0.2) is 35.4 Å². The van der Waals surface area contributed by atoms with Crippen LogP contribution in [0.4, 0.5) is 5.69 Å². The van der Waals surface area contributed by atoms with Crippen molar-refractivity contribution in [2.45, 2.75) is 18.9 Å². The van der Waals surface area contributed by atoms with E-state index in [4.69, 9.17) is 14.2 Å². The number of fused-ring (bicyclic) bond motifs is 1.